The molecule has 0 aliphatic carbocycles. The highest BCUT2D eigenvalue weighted by atomic mass is 19.3. The zero-order valence-electron chi connectivity index (χ0n) is 10.6. The van der Waals surface area contributed by atoms with Gasteiger partial charge < -0.3 is 21.0 Å². The molecule has 20 heavy (non-hydrogen) atoms. The lowest BCUT2D eigenvalue weighted by molar-refractivity contribution is -0.117. The maximum absolute atomic E-state index is 11.8. The van der Waals surface area contributed by atoms with Gasteiger partial charge in [-0.25, -0.2) is 8.78 Å². The molecular formula is C12H15F2N3O3. The van der Waals surface area contributed by atoms with Crippen molar-refractivity contribution < 1.29 is 23.5 Å². The number of nitrogens with two attached hydrogens (primary N) is 1. The summed E-state index contributed by atoms with van der Waals surface area (Å²) in [5.74, 6) is -0.390. The van der Waals surface area contributed by atoms with E-state index in [2.05, 4.69) is 15.2 Å². The molecule has 1 amide bonds. The Hall–Kier alpha value is -2.22. The van der Waals surface area contributed by atoms with Crippen LogP contribution in [0.25, 0.3) is 0 Å². The minimum absolute atomic E-state index is 0.0191. The highest BCUT2D eigenvalue weighted by Gasteiger charge is 2.06. The lowest BCUT2D eigenvalue weighted by Crippen LogP contribution is -2.16. The van der Waals surface area contributed by atoms with Crippen LogP contribution < -0.4 is 11.1 Å². The number of benzene rings is 1. The normalized spacial score (nSPS) is 11.7. The predicted octanol–water partition coefficient (Wildman–Crippen LogP) is 1.39. The van der Waals surface area contributed by atoms with E-state index in [9.17, 15) is 13.6 Å². The molecule has 1 aromatic carbocycles. The van der Waals surface area contributed by atoms with Crippen molar-refractivity contribution in [2.45, 2.75) is 12.8 Å². The maximum atomic E-state index is 11.8. The van der Waals surface area contributed by atoms with E-state index >= 15 is 0 Å². The van der Waals surface area contributed by atoms with Gasteiger partial charge in [0.15, 0.2) is 5.84 Å². The van der Waals surface area contributed by atoms with Crippen molar-refractivity contribution in [1.29, 1.82) is 0 Å². The quantitative estimate of drug-likeness (QED) is 0.232. The molecule has 0 heterocycles. The summed E-state index contributed by atoms with van der Waals surface area (Å²) in [6, 6.07) is 6.28. The second kappa shape index (κ2) is 8.05. The van der Waals surface area contributed by atoms with Crippen molar-refractivity contribution in [3.63, 3.8) is 0 Å². The van der Waals surface area contributed by atoms with Crippen LogP contribution in [-0.4, -0.2) is 36.6 Å². The topological polar surface area (TPSA) is 96.9 Å². The highest BCUT2D eigenvalue weighted by Crippen LogP contribution is 2.09. The van der Waals surface area contributed by atoms with E-state index in [4.69, 9.17) is 10.9 Å². The monoisotopic (exact) mass is 287 g/mol. The number of carbonyl (C=O) groups excluding carboxylic acids is 1. The van der Waals surface area contributed by atoms with E-state index in [1.54, 1.807) is 24.3 Å². The van der Waals surface area contributed by atoms with E-state index in [0.717, 1.165) is 0 Å². The summed E-state index contributed by atoms with van der Waals surface area (Å²) < 4.78 is 28.1. The number of amidine groups is 1. The summed E-state index contributed by atoms with van der Waals surface area (Å²) in [6.45, 7) is -0.750. The Labute approximate surface area is 114 Å². The van der Waals surface area contributed by atoms with E-state index in [1.165, 1.54) is 0 Å². The van der Waals surface area contributed by atoms with Crippen molar-refractivity contribution in [2.75, 3.05) is 18.5 Å². The van der Waals surface area contributed by atoms with Crippen molar-refractivity contribution >= 4 is 17.4 Å². The van der Waals surface area contributed by atoms with Crippen molar-refractivity contribution in [3.8, 4) is 0 Å². The smallest absolute Gasteiger partial charge is 0.261 e. The van der Waals surface area contributed by atoms with Crippen molar-refractivity contribution in [2.24, 2.45) is 10.9 Å². The van der Waals surface area contributed by atoms with Gasteiger partial charge in [-0.1, -0.05) is 5.16 Å². The molecule has 1 rings (SSSR count). The predicted molar refractivity (Wildman–Crippen MR) is 69.0 cm³/mol. The molecule has 0 atom stereocenters. The number of anilines is 1. The number of nitrogens with zero attached hydrogens (tertiary/aromatic N) is 1. The molecular weight excluding hydrogens is 272 g/mol. The Bertz CT molecular complexity index is 464. The Morgan fingerprint density at radius 2 is 2.05 bits per heavy atom. The molecule has 0 saturated heterocycles. The fraction of sp³-hybridized carbons (Fsp3) is 0.333. The second-order valence-electron chi connectivity index (χ2n) is 3.83. The summed E-state index contributed by atoms with van der Waals surface area (Å²) in [6.07, 6.45) is -2.56. The number of amides is 1. The Morgan fingerprint density at radius 1 is 1.40 bits per heavy atom. The maximum Gasteiger partial charge on any atom is 0.261 e. The summed E-state index contributed by atoms with van der Waals surface area (Å²) in [4.78, 5) is 11.5. The van der Waals surface area contributed by atoms with Gasteiger partial charge in [-0.15, -0.1) is 0 Å². The minimum Gasteiger partial charge on any atom is -0.409 e. The van der Waals surface area contributed by atoms with Gasteiger partial charge in [0.1, 0.15) is 6.61 Å². The van der Waals surface area contributed by atoms with Gasteiger partial charge >= 0.3 is 0 Å². The van der Waals surface area contributed by atoms with E-state index in [0.29, 0.717) is 11.3 Å². The Kier molecular flexibility index (Phi) is 6.38. The molecule has 6 nitrogen and oxygen atoms in total. The summed E-state index contributed by atoms with van der Waals surface area (Å²) >= 11 is 0. The number of hydrogen-bond acceptors (Lipinski definition) is 4. The zero-order valence-corrected chi connectivity index (χ0v) is 10.6. The van der Waals surface area contributed by atoms with Crippen LogP contribution in [0.5, 0.6) is 0 Å². The molecule has 4 N–H and O–H groups in total. The van der Waals surface area contributed by atoms with E-state index < -0.39 is 13.0 Å². The van der Waals surface area contributed by atoms with Crippen LogP contribution in [0.2, 0.25) is 0 Å². The van der Waals surface area contributed by atoms with Crippen LogP contribution in [0.15, 0.2) is 29.4 Å². The first-order chi connectivity index (χ1) is 9.52. The van der Waals surface area contributed by atoms with Gasteiger partial charge in [0.05, 0.1) is 13.0 Å². The Balaban J connectivity index is 2.39. The first-order valence-electron chi connectivity index (χ1n) is 5.76. The van der Waals surface area contributed by atoms with Gasteiger partial charge in [0, 0.05) is 11.3 Å². The van der Waals surface area contributed by atoms with E-state index in [1.807, 2.05) is 0 Å². The van der Waals surface area contributed by atoms with Crippen LogP contribution in [0.4, 0.5) is 14.5 Å². The largest absolute Gasteiger partial charge is 0.409 e. The summed E-state index contributed by atoms with van der Waals surface area (Å²) in [7, 11) is 0. The number of nitrogens with one attached hydrogen (secondary N) is 1. The molecule has 0 spiro atoms. The molecule has 110 valence electrons. The molecule has 0 saturated carbocycles. The van der Waals surface area contributed by atoms with Gasteiger partial charge in [-0.2, -0.15) is 0 Å². The molecule has 0 aromatic heterocycles. The minimum atomic E-state index is -2.54. The number of halogens is 2. The molecule has 0 aliphatic rings. The first kappa shape index (κ1) is 15.8. The number of hydrogen-bond donors (Lipinski definition) is 3. The van der Waals surface area contributed by atoms with E-state index in [-0.39, 0.29) is 24.8 Å². The van der Waals surface area contributed by atoms with Crippen LogP contribution in [0.1, 0.15) is 12.0 Å². The van der Waals surface area contributed by atoms with Gasteiger partial charge in [-0.3, -0.25) is 4.79 Å². The molecule has 0 aliphatic heterocycles. The third kappa shape index (κ3) is 5.61. The average molecular weight is 287 g/mol. The number of alkyl halides is 2. The Morgan fingerprint density at radius 3 is 2.60 bits per heavy atom. The fourth-order valence-electron chi connectivity index (χ4n) is 1.34. The highest BCUT2D eigenvalue weighted by molar-refractivity contribution is 5.98. The first-order valence-corrected chi connectivity index (χ1v) is 5.76. The van der Waals surface area contributed by atoms with Gasteiger partial charge in [-0.05, 0) is 24.3 Å². The van der Waals surface area contributed by atoms with Gasteiger partial charge in [0.25, 0.3) is 6.43 Å². The summed E-state index contributed by atoms with van der Waals surface area (Å²) in [5.41, 5.74) is 6.40. The number of ether oxygens (including phenoxy) is 1. The van der Waals surface area contributed by atoms with Crippen molar-refractivity contribution in [1.82, 2.24) is 0 Å². The molecule has 0 fully saturated rings. The van der Waals surface area contributed by atoms with Crippen LogP contribution in [0.3, 0.4) is 0 Å². The lowest BCUT2D eigenvalue weighted by Gasteiger charge is -2.06. The third-order valence-corrected chi connectivity index (χ3v) is 2.29. The van der Waals surface area contributed by atoms with Crippen LogP contribution >= 0.6 is 0 Å². The third-order valence-electron chi connectivity index (χ3n) is 2.29. The fourth-order valence-corrected chi connectivity index (χ4v) is 1.34. The SMILES string of the molecule is N/C(=N/O)c1ccc(NC(=O)CCOCC(F)F)cc1. The van der Waals surface area contributed by atoms with Crippen LogP contribution in [-0.2, 0) is 9.53 Å². The average Bonchev–Trinajstić information content (AvgIpc) is 2.43. The number of carbonyl (C=O) groups is 1. The molecule has 0 unspecified atom stereocenters. The molecule has 0 radical (unpaired) electrons. The molecule has 8 heteroatoms. The number of rotatable bonds is 7. The van der Waals surface area contributed by atoms with Crippen molar-refractivity contribution in [3.05, 3.63) is 29.8 Å². The zero-order chi connectivity index (χ0) is 15.0. The van der Waals surface area contributed by atoms with Gasteiger partial charge in [0.2, 0.25) is 5.91 Å². The number of oxime groups is 1. The second-order valence-corrected chi connectivity index (χ2v) is 3.83. The van der Waals surface area contributed by atoms with Crippen LogP contribution in [0, 0.1) is 0 Å². The lowest BCUT2D eigenvalue weighted by atomic mass is 10.2. The molecule has 0 bridgehead atoms. The summed E-state index contributed by atoms with van der Waals surface area (Å²) in [5, 5.41) is 13.9. The molecule has 1 aromatic rings. The standard InChI is InChI=1S/C12H15F2N3O3/c13-10(14)7-20-6-5-11(18)16-9-3-1-8(2-4-9)12(15)17-19/h1-4,10,19H,5-7H2,(H2,15,17)(H,16,18).